The second-order valence-corrected chi connectivity index (χ2v) is 7.14. The number of rotatable bonds is 5. The molecule has 2 atom stereocenters. The average molecular weight is 291 g/mol. The van der Waals surface area contributed by atoms with Gasteiger partial charge >= 0.3 is 0 Å². The molecule has 1 saturated carbocycles. The quantitative estimate of drug-likeness (QED) is 0.817. The molecule has 0 aromatic rings. The number of carbonyl (C=O) groups is 1. The third-order valence-corrected chi connectivity index (χ3v) is 3.82. The van der Waals surface area contributed by atoms with Gasteiger partial charge in [-0.3, -0.25) is 4.79 Å². The standard InChI is InChI=1S/C15H27F2NO2/c1-14(2,3)8-6-12(10-19)18-13(20)11-5-4-7-15(16,17)9-11/h11-12,19H,4-10H2,1-3H3,(H,18,20)/t11-,12+/m0/s1. The molecule has 1 amide bonds. The van der Waals surface area contributed by atoms with Crippen molar-refractivity contribution in [2.75, 3.05) is 6.61 Å². The Balaban J connectivity index is 2.46. The molecule has 0 unspecified atom stereocenters. The van der Waals surface area contributed by atoms with Crippen LogP contribution in [0, 0.1) is 11.3 Å². The Bertz CT molecular complexity index is 326. The van der Waals surface area contributed by atoms with Gasteiger partial charge in [0.15, 0.2) is 0 Å². The zero-order valence-electron chi connectivity index (χ0n) is 12.7. The summed E-state index contributed by atoms with van der Waals surface area (Å²) < 4.78 is 26.6. The van der Waals surface area contributed by atoms with E-state index in [0.29, 0.717) is 19.3 Å². The van der Waals surface area contributed by atoms with Gasteiger partial charge in [0.1, 0.15) is 0 Å². The summed E-state index contributed by atoms with van der Waals surface area (Å²) in [7, 11) is 0. The van der Waals surface area contributed by atoms with Gasteiger partial charge in [-0.15, -0.1) is 0 Å². The maximum atomic E-state index is 13.3. The molecule has 118 valence electrons. The summed E-state index contributed by atoms with van der Waals surface area (Å²) in [5, 5.41) is 12.0. The Morgan fingerprint density at radius 2 is 2.10 bits per heavy atom. The Morgan fingerprint density at radius 3 is 2.60 bits per heavy atom. The van der Waals surface area contributed by atoms with Crippen molar-refractivity contribution < 1.29 is 18.7 Å². The average Bonchev–Trinajstić information content (AvgIpc) is 2.31. The molecular formula is C15H27F2NO2. The number of aliphatic hydroxyl groups is 1. The molecule has 1 aliphatic carbocycles. The molecule has 0 bridgehead atoms. The summed E-state index contributed by atoms with van der Waals surface area (Å²) in [6.07, 6.45) is 1.93. The van der Waals surface area contributed by atoms with E-state index in [4.69, 9.17) is 0 Å². The van der Waals surface area contributed by atoms with Gasteiger partial charge in [0.25, 0.3) is 0 Å². The van der Waals surface area contributed by atoms with E-state index in [2.05, 4.69) is 26.1 Å². The van der Waals surface area contributed by atoms with E-state index in [9.17, 15) is 18.7 Å². The van der Waals surface area contributed by atoms with Gasteiger partial charge in [0.05, 0.1) is 12.6 Å². The van der Waals surface area contributed by atoms with Gasteiger partial charge in [-0.2, -0.15) is 0 Å². The molecule has 1 aliphatic rings. The molecule has 1 fully saturated rings. The van der Waals surface area contributed by atoms with Crippen LogP contribution in [0.2, 0.25) is 0 Å². The van der Waals surface area contributed by atoms with Crippen molar-refractivity contribution >= 4 is 5.91 Å². The molecule has 1 rings (SSSR count). The zero-order chi connectivity index (χ0) is 15.4. The monoisotopic (exact) mass is 291 g/mol. The minimum atomic E-state index is -2.72. The minimum Gasteiger partial charge on any atom is -0.394 e. The third kappa shape index (κ3) is 6.16. The maximum Gasteiger partial charge on any atom is 0.248 e. The lowest BCUT2D eigenvalue weighted by Crippen LogP contribution is -2.44. The number of aliphatic hydroxyl groups excluding tert-OH is 1. The first-order valence-electron chi connectivity index (χ1n) is 7.42. The molecule has 2 N–H and O–H groups in total. The highest BCUT2D eigenvalue weighted by atomic mass is 19.3. The number of alkyl halides is 2. The molecule has 3 nitrogen and oxygen atoms in total. The van der Waals surface area contributed by atoms with Crippen LogP contribution in [0.3, 0.4) is 0 Å². The fourth-order valence-corrected chi connectivity index (χ4v) is 2.53. The van der Waals surface area contributed by atoms with Crippen LogP contribution in [-0.4, -0.2) is 29.6 Å². The van der Waals surface area contributed by atoms with Gasteiger partial charge in [-0.1, -0.05) is 20.8 Å². The molecule has 20 heavy (non-hydrogen) atoms. The molecule has 0 heterocycles. The third-order valence-electron chi connectivity index (χ3n) is 3.82. The SMILES string of the molecule is CC(C)(C)CC[C@H](CO)NC(=O)[C@H]1CCCC(F)(F)C1. The number of carbonyl (C=O) groups excluding carboxylic acids is 1. The van der Waals surface area contributed by atoms with Crippen molar-refractivity contribution in [3.05, 3.63) is 0 Å². The Hall–Kier alpha value is -0.710. The Morgan fingerprint density at radius 1 is 1.45 bits per heavy atom. The van der Waals surface area contributed by atoms with E-state index in [1.165, 1.54) is 0 Å². The van der Waals surface area contributed by atoms with Crippen LogP contribution in [0.4, 0.5) is 8.78 Å². The second-order valence-electron chi connectivity index (χ2n) is 7.14. The summed E-state index contributed by atoms with van der Waals surface area (Å²) >= 11 is 0. The summed E-state index contributed by atoms with van der Waals surface area (Å²) in [5.41, 5.74) is 0.121. The lowest BCUT2D eigenvalue weighted by Gasteiger charge is -2.30. The molecule has 0 radical (unpaired) electrons. The predicted molar refractivity (Wildman–Crippen MR) is 74.6 cm³/mol. The second kappa shape index (κ2) is 6.83. The van der Waals surface area contributed by atoms with E-state index >= 15 is 0 Å². The molecule has 0 aromatic carbocycles. The predicted octanol–water partition coefficient (Wildman–Crippen LogP) is 3.12. The summed E-state index contributed by atoms with van der Waals surface area (Å²) in [6.45, 7) is 6.12. The van der Waals surface area contributed by atoms with E-state index < -0.39 is 11.8 Å². The van der Waals surface area contributed by atoms with E-state index in [-0.39, 0.29) is 36.8 Å². The van der Waals surface area contributed by atoms with Gasteiger partial charge in [0.2, 0.25) is 11.8 Å². The van der Waals surface area contributed by atoms with E-state index in [0.717, 1.165) is 6.42 Å². The van der Waals surface area contributed by atoms with Gasteiger partial charge in [-0.05, 0) is 31.1 Å². The summed E-state index contributed by atoms with van der Waals surface area (Å²) in [6, 6.07) is -0.336. The molecule has 0 aliphatic heterocycles. The van der Waals surface area contributed by atoms with Crippen molar-refractivity contribution in [3.8, 4) is 0 Å². The highest BCUT2D eigenvalue weighted by molar-refractivity contribution is 5.79. The lowest BCUT2D eigenvalue weighted by molar-refractivity contribution is -0.133. The molecule has 0 spiro atoms. The van der Waals surface area contributed by atoms with Gasteiger partial charge in [0, 0.05) is 18.8 Å². The Labute approximate surface area is 120 Å². The first-order valence-corrected chi connectivity index (χ1v) is 7.42. The summed E-state index contributed by atoms with van der Waals surface area (Å²) in [5.74, 6) is -3.68. The van der Waals surface area contributed by atoms with Gasteiger partial charge < -0.3 is 10.4 Å². The van der Waals surface area contributed by atoms with Crippen molar-refractivity contribution in [2.24, 2.45) is 11.3 Å². The molecule has 5 heteroatoms. The van der Waals surface area contributed by atoms with E-state index in [1.807, 2.05) is 0 Å². The van der Waals surface area contributed by atoms with Crippen LogP contribution in [0.1, 0.15) is 59.3 Å². The minimum absolute atomic E-state index is 0.121. The fraction of sp³-hybridized carbons (Fsp3) is 0.933. The zero-order valence-corrected chi connectivity index (χ0v) is 12.7. The fourth-order valence-electron chi connectivity index (χ4n) is 2.53. The highest BCUT2D eigenvalue weighted by Gasteiger charge is 2.39. The molecule has 0 aromatic heterocycles. The van der Waals surface area contributed by atoms with Crippen molar-refractivity contribution in [1.29, 1.82) is 0 Å². The first-order chi connectivity index (χ1) is 9.13. The number of hydrogen-bond donors (Lipinski definition) is 2. The normalized spacial score (nSPS) is 24.2. The van der Waals surface area contributed by atoms with Crippen molar-refractivity contribution in [3.63, 3.8) is 0 Å². The van der Waals surface area contributed by atoms with Crippen molar-refractivity contribution in [2.45, 2.75) is 71.3 Å². The number of nitrogens with one attached hydrogen (secondary N) is 1. The maximum absolute atomic E-state index is 13.3. The number of halogens is 2. The lowest BCUT2D eigenvalue weighted by atomic mass is 9.85. The number of hydrogen-bond acceptors (Lipinski definition) is 2. The van der Waals surface area contributed by atoms with Crippen LogP contribution >= 0.6 is 0 Å². The van der Waals surface area contributed by atoms with Gasteiger partial charge in [-0.25, -0.2) is 8.78 Å². The Kier molecular flexibility index (Phi) is 5.92. The highest BCUT2D eigenvalue weighted by Crippen LogP contribution is 2.36. The number of amides is 1. The summed E-state index contributed by atoms with van der Waals surface area (Å²) in [4.78, 5) is 12.0. The topological polar surface area (TPSA) is 49.3 Å². The van der Waals surface area contributed by atoms with Crippen LogP contribution in [-0.2, 0) is 4.79 Å². The van der Waals surface area contributed by atoms with Crippen LogP contribution in [0.15, 0.2) is 0 Å². The largest absolute Gasteiger partial charge is 0.394 e. The molecule has 0 saturated heterocycles. The van der Waals surface area contributed by atoms with Crippen LogP contribution < -0.4 is 5.32 Å². The molecular weight excluding hydrogens is 264 g/mol. The van der Waals surface area contributed by atoms with Crippen LogP contribution in [0.25, 0.3) is 0 Å². The smallest absolute Gasteiger partial charge is 0.248 e. The van der Waals surface area contributed by atoms with Crippen molar-refractivity contribution in [1.82, 2.24) is 5.32 Å². The first kappa shape index (κ1) is 17.3. The van der Waals surface area contributed by atoms with Crippen LogP contribution in [0.5, 0.6) is 0 Å². The van der Waals surface area contributed by atoms with E-state index in [1.54, 1.807) is 0 Å².